The molecule has 0 aliphatic carbocycles. The molecule has 0 aromatic carbocycles. The van der Waals surface area contributed by atoms with E-state index in [0.29, 0.717) is 11.9 Å². The van der Waals surface area contributed by atoms with E-state index in [9.17, 15) is 4.79 Å². The SMILES string of the molecule is CC(=O)Nc1ccn([C@H]2CCNC2)n1. The molecule has 1 saturated heterocycles. The molecule has 2 rings (SSSR count). The van der Waals surface area contributed by atoms with Gasteiger partial charge in [0.25, 0.3) is 0 Å². The van der Waals surface area contributed by atoms with Gasteiger partial charge in [-0.1, -0.05) is 0 Å². The van der Waals surface area contributed by atoms with Crippen molar-refractivity contribution in [2.24, 2.45) is 0 Å². The summed E-state index contributed by atoms with van der Waals surface area (Å²) in [6.07, 6.45) is 3.00. The predicted molar refractivity (Wildman–Crippen MR) is 53.1 cm³/mol. The predicted octanol–water partition coefficient (Wildman–Crippen LogP) is 0.376. The van der Waals surface area contributed by atoms with E-state index < -0.39 is 0 Å². The van der Waals surface area contributed by atoms with Crippen molar-refractivity contribution in [2.45, 2.75) is 19.4 Å². The molecule has 1 aliphatic heterocycles. The summed E-state index contributed by atoms with van der Waals surface area (Å²) in [5.74, 6) is 0.546. The van der Waals surface area contributed by atoms with Crippen LogP contribution in [0.3, 0.4) is 0 Å². The van der Waals surface area contributed by atoms with Crippen LogP contribution >= 0.6 is 0 Å². The molecular formula is C9H14N4O. The Morgan fingerprint density at radius 3 is 3.29 bits per heavy atom. The zero-order chi connectivity index (χ0) is 9.97. The van der Waals surface area contributed by atoms with Crippen LogP contribution in [0.5, 0.6) is 0 Å². The molecule has 2 heterocycles. The van der Waals surface area contributed by atoms with Gasteiger partial charge in [0, 0.05) is 25.7 Å². The monoisotopic (exact) mass is 194 g/mol. The molecule has 76 valence electrons. The van der Waals surface area contributed by atoms with Gasteiger partial charge in [-0.3, -0.25) is 9.48 Å². The minimum Gasteiger partial charge on any atom is -0.315 e. The lowest BCUT2D eigenvalue weighted by molar-refractivity contribution is -0.114. The Labute approximate surface area is 82.5 Å². The van der Waals surface area contributed by atoms with Crippen LogP contribution in [0, 0.1) is 0 Å². The number of rotatable bonds is 2. The molecule has 14 heavy (non-hydrogen) atoms. The number of amides is 1. The van der Waals surface area contributed by atoms with Gasteiger partial charge >= 0.3 is 0 Å². The largest absolute Gasteiger partial charge is 0.315 e. The zero-order valence-corrected chi connectivity index (χ0v) is 8.16. The van der Waals surface area contributed by atoms with Gasteiger partial charge in [-0.15, -0.1) is 0 Å². The van der Waals surface area contributed by atoms with Gasteiger partial charge in [0.15, 0.2) is 5.82 Å². The van der Waals surface area contributed by atoms with Crippen LogP contribution in [0.1, 0.15) is 19.4 Å². The summed E-state index contributed by atoms with van der Waals surface area (Å²) < 4.78 is 1.91. The van der Waals surface area contributed by atoms with Crippen molar-refractivity contribution < 1.29 is 4.79 Å². The molecule has 0 spiro atoms. The van der Waals surface area contributed by atoms with Crippen LogP contribution in [0.25, 0.3) is 0 Å². The molecule has 1 aliphatic rings. The van der Waals surface area contributed by atoms with E-state index >= 15 is 0 Å². The average Bonchev–Trinajstić information content (AvgIpc) is 2.69. The summed E-state index contributed by atoms with van der Waals surface area (Å²) in [7, 11) is 0. The van der Waals surface area contributed by atoms with E-state index in [-0.39, 0.29) is 5.91 Å². The summed E-state index contributed by atoms with van der Waals surface area (Å²) >= 11 is 0. The Morgan fingerprint density at radius 2 is 2.64 bits per heavy atom. The van der Waals surface area contributed by atoms with E-state index in [2.05, 4.69) is 15.7 Å². The Hall–Kier alpha value is -1.36. The molecule has 5 nitrogen and oxygen atoms in total. The van der Waals surface area contributed by atoms with Gasteiger partial charge in [0.2, 0.25) is 5.91 Å². The van der Waals surface area contributed by atoms with Crippen LogP contribution in [-0.2, 0) is 4.79 Å². The van der Waals surface area contributed by atoms with Crippen LogP contribution < -0.4 is 10.6 Å². The number of nitrogens with zero attached hydrogens (tertiary/aromatic N) is 2. The fourth-order valence-corrected chi connectivity index (χ4v) is 1.65. The van der Waals surface area contributed by atoms with Crippen LogP contribution in [0.4, 0.5) is 5.82 Å². The van der Waals surface area contributed by atoms with Crippen molar-refractivity contribution in [1.82, 2.24) is 15.1 Å². The third-order valence-corrected chi connectivity index (χ3v) is 2.32. The van der Waals surface area contributed by atoms with E-state index in [0.717, 1.165) is 19.5 Å². The molecule has 1 aromatic heterocycles. The van der Waals surface area contributed by atoms with Crippen molar-refractivity contribution in [3.05, 3.63) is 12.3 Å². The van der Waals surface area contributed by atoms with E-state index in [1.165, 1.54) is 6.92 Å². The fraction of sp³-hybridized carbons (Fsp3) is 0.556. The number of aromatic nitrogens is 2. The number of nitrogens with one attached hydrogen (secondary N) is 2. The number of hydrogen-bond acceptors (Lipinski definition) is 3. The minimum absolute atomic E-state index is 0.0835. The lowest BCUT2D eigenvalue weighted by Crippen LogP contribution is -2.14. The molecule has 0 saturated carbocycles. The average molecular weight is 194 g/mol. The normalized spacial score (nSPS) is 21.1. The quantitative estimate of drug-likeness (QED) is 0.715. The third-order valence-electron chi connectivity index (χ3n) is 2.32. The Morgan fingerprint density at radius 1 is 1.79 bits per heavy atom. The molecule has 0 unspecified atom stereocenters. The first-order valence-corrected chi connectivity index (χ1v) is 4.79. The van der Waals surface area contributed by atoms with E-state index in [1.807, 2.05) is 16.9 Å². The highest BCUT2D eigenvalue weighted by atomic mass is 16.1. The van der Waals surface area contributed by atoms with Gasteiger partial charge < -0.3 is 10.6 Å². The maximum atomic E-state index is 10.8. The van der Waals surface area contributed by atoms with Crippen molar-refractivity contribution in [3.63, 3.8) is 0 Å². The molecule has 2 N–H and O–H groups in total. The first-order chi connectivity index (χ1) is 6.75. The molecule has 5 heteroatoms. The third kappa shape index (κ3) is 1.93. The smallest absolute Gasteiger partial charge is 0.222 e. The lowest BCUT2D eigenvalue weighted by atomic mass is 10.3. The standard InChI is InChI=1S/C9H14N4O/c1-7(14)11-9-3-5-13(12-9)8-2-4-10-6-8/h3,5,8,10H,2,4,6H2,1H3,(H,11,12,14)/t8-/m0/s1. The summed E-state index contributed by atoms with van der Waals surface area (Å²) in [4.78, 5) is 10.8. The second kappa shape index (κ2) is 3.79. The van der Waals surface area contributed by atoms with Crippen molar-refractivity contribution in [2.75, 3.05) is 18.4 Å². The van der Waals surface area contributed by atoms with Crippen molar-refractivity contribution in [3.8, 4) is 0 Å². The first-order valence-electron chi connectivity index (χ1n) is 4.79. The molecule has 0 radical (unpaired) electrons. The molecule has 1 atom stereocenters. The van der Waals surface area contributed by atoms with Crippen LogP contribution in [0.15, 0.2) is 12.3 Å². The maximum Gasteiger partial charge on any atom is 0.222 e. The highest BCUT2D eigenvalue weighted by molar-refractivity contribution is 5.87. The number of hydrogen-bond donors (Lipinski definition) is 2. The summed E-state index contributed by atoms with van der Waals surface area (Å²) in [5, 5.41) is 10.2. The first kappa shape index (κ1) is 9.21. The molecule has 1 amide bonds. The number of carbonyl (C=O) groups excluding carboxylic acids is 1. The summed E-state index contributed by atoms with van der Waals surface area (Å²) in [6.45, 7) is 3.48. The Kier molecular flexibility index (Phi) is 2.49. The molecule has 1 fully saturated rings. The molecular weight excluding hydrogens is 180 g/mol. The van der Waals surface area contributed by atoms with Gasteiger partial charge in [0.1, 0.15) is 0 Å². The van der Waals surface area contributed by atoms with E-state index in [1.54, 1.807) is 0 Å². The van der Waals surface area contributed by atoms with Gasteiger partial charge in [0.05, 0.1) is 6.04 Å². The number of anilines is 1. The number of carbonyl (C=O) groups is 1. The zero-order valence-electron chi connectivity index (χ0n) is 8.16. The molecule has 0 bridgehead atoms. The van der Waals surface area contributed by atoms with Gasteiger partial charge in [-0.2, -0.15) is 5.10 Å². The second-order valence-electron chi connectivity index (χ2n) is 3.51. The molecule has 1 aromatic rings. The highest BCUT2D eigenvalue weighted by Gasteiger charge is 2.16. The topological polar surface area (TPSA) is 59.0 Å². The van der Waals surface area contributed by atoms with Gasteiger partial charge in [-0.05, 0) is 13.0 Å². The summed E-state index contributed by atoms with van der Waals surface area (Å²) in [6, 6.07) is 2.25. The van der Waals surface area contributed by atoms with Crippen molar-refractivity contribution >= 4 is 11.7 Å². The maximum absolute atomic E-state index is 10.8. The second-order valence-corrected chi connectivity index (χ2v) is 3.51. The Bertz CT molecular complexity index is 327. The van der Waals surface area contributed by atoms with Crippen LogP contribution in [-0.4, -0.2) is 28.8 Å². The van der Waals surface area contributed by atoms with E-state index in [4.69, 9.17) is 0 Å². The van der Waals surface area contributed by atoms with Gasteiger partial charge in [-0.25, -0.2) is 0 Å². The highest BCUT2D eigenvalue weighted by Crippen LogP contribution is 2.15. The minimum atomic E-state index is -0.0835. The van der Waals surface area contributed by atoms with Crippen molar-refractivity contribution in [1.29, 1.82) is 0 Å². The lowest BCUT2D eigenvalue weighted by Gasteiger charge is -2.07. The Balaban J connectivity index is 2.05. The summed E-state index contributed by atoms with van der Waals surface area (Å²) in [5.41, 5.74) is 0. The fourth-order valence-electron chi connectivity index (χ4n) is 1.65. The van der Waals surface area contributed by atoms with Crippen LogP contribution in [0.2, 0.25) is 0 Å².